The second kappa shape index (κ2) is 5.07. The summed E-state index contributed by atoms with van der Waals surface area (Å²) in [4.78, 5) is 41.6. The molecule has 1 aliphatic rings. The second-order valence-electron chi connectivity index (χ2n) is 4.96. The summed E-state index contributed by atoms with van der Waals surface area (Å²) in [5.41, 5.74) is 1.94. The summed E-state index contributed by atoms with van der Waals surface area (Å²) in [6, 6.07) is 8.18. The molecular weight excluding hydrogens is 282 g/mol. The van der Waals surface area contributed by atoms with Crippen LogP contribution in [0, 0.1) is 6.92 Å². The number of hydrogen-bond acceptors (Lipinski definition) is 4. The summed E-state index contributed by atoms with van der Waals surface area (Å²) < 4.78 is 0. The molecule has 0 saturated carbocycles. The summed E-state index contributed by atoms with van der Waals surface area (Å²) in [5, 5.41) is 2.64. The molecule has 0 radical (unpaired) electrons. The van der Waals surface area contributed by atoms with E-state index in [4.69, 9.17) is 0 Å². The summed E-state index contributed by atoms with van der Waals surface area (Å²) >= 11 is 0. The molecule has 1 N–H and O–H groups in total. The molecule has 110 valence electrons. The molecule has 0 fully saturated rings. The topological polar surface area (TPSA) is 79.4 Å². The van der Waals surface area contributed by atoms with Gasteiger partial charge in [0.15, 0.2) is 0 Å². The van der Waals surface area contributed by atoms with Gasteiger partial charge in [0.2, 0.25) is 5.91 Å². The minimum absolute atomic E-state index is 0.297. The van der Waals surface area contributed by atoms with Gasteiger partial charge in [-0.15, -0.1) is 0 Å². The van der Waals surface area contributed by atoms with Gasteiger partial charge < -0.3 is 5.32 Å². The fourth-order valence-electron chi connectivity index (χ4n) is 2.48. The van der Waals surface area contributed by atoms with E-state index >= 15 is 0 Å². The van der Waals surface area contributed by atoms with E-state index in [1.807, 2.05) is 0 Å². The van der Waals surface area contributed by atoms with E-state index in [-0.39, 0.29) is 5.91 Å². The Morgan fingerprint density at radius 2 is 1.68 bits per heavy atom. The number of nitrogens with one attached hydrogen (secondary N) is 1. The van der Waals surface area contributed by atoms with Crippen LogP contribution in [0.2, 0.25) is 0 Å². The van der Waals surface area contributed by atoms with Crippen molar-refractivity contribution in [3.05, 3.63) is 53.3 Å². The van der Waals surface area contributed by atoms with Gasteiger partial charge in [-0.1, -0.05) is 12.1 Å². The van der Waals surface area contributed by atoms with E-state index in [0.29, 0.717) is 28.2 Å². The zero-order chi connectivity index (χ0) is 15.9. The highest BCUT2D eigenvalue weighted by molar-refractivity contribution is 6.35. The van der Waals surface area contributed by atoms with Crippen molar-refractivity contribution in [2.75, 3.05) is 10.2 Å². The number of anilines is 2. The van der Waals surface area contributed by atoms with Crippen LogP contribution in [0.15, 0.2) is 36.5 Å². The fourth-order valence-corrected chi connectivity index (χ4v) is 2.48. The monoisotopic (exact) mass is 295 g/mol. The van der Waals surface area contributed by atoms with Gasteiger partial charge in [0.25, 0.3) is 11.8 Å². The number of carbonyl (C=O) groups excluding carboxylic acids is 3. The van der Waals surface area contributed by atoms with Gasteiger partial charge in [-0.2, -0.15) is 0 Å². The fraction of sp³-hybridized carbons (Fsp3) is 0.125. The molecule has 0 atom stereocenters. The van der Waals surface area contributed by atoms with Crippen molar-refractivity contribution in [3.8, 4) is 0 Å². The number of imide groups is 1. The Hall–Kier alpha value is -3.02. The first kappa shape index (κ1) is 13.9. The smallest absolute Gasteiger partial charge is 0.266 e. The molecule has 0 bridgehead atoms. The van der Waals surface area contributed by atoms with Crippen molar-refractivity contribution in [3.63, 3.8) is 0 Å². The van der Waals surface area contributed by atoms with Crippen molar-refractivity contribution >= 4 is 29.1 Å². The number of amides is 3. The minimum Gasteiger partial charge on any atom is -0.323 e. The molecule has 0 saturated heterocycles. The van der Waals surface area contributed by atoms with Gasteiger partial charge >= 0.3 is 0 Å². The van der Waals surface area contributed by atoms with Crippen LogP contribution in [-0.4, -0.2) is 22.7 Å². The van der Waals surface area contributed by atoms with Crippen LogP contribution in [-0.2, 0) is 4.79 Å². The lowest BCUT2D eigenvalue weighted by molar-refractivity contribution is -0.114. The van der Waals surface area contributed by atoms with Gasteiger partial charge in [0, 0.05) is 13.1 Å². The summed E-state index contributed by atoms with van der Waals surface area (Å²) in [6.45, 7) is 3.06. The molecule has 1 aromatic heterocycles. The zero-order valence-electron chi connectivity index (χ0n) is 12.1. The maximum absolute atomic E-state index is 12.5. The van der Waals surface area contributed by atoms with Gasteiger partial charge in [0.05, 0.1) is 28.2 Å². The number of aromatic nitrogens is 1. The number of rotatable bonds is 2. The number of fused-ring (bicyclic) bond motifs is 1. The number of carbonyl (C=O) groups is 3. The number of aryl methyl sites for hydroxylation is 1. The van der Waals surface area contributed by atoms with E-state index in [1.54, 1.807) is 37.3 Å². The maximum atomic E-state index is 12.5. The van der Waals surface area contributed by atoms with Crippen LogP contribution in [0.3, 0.4) is 0 Å². The lowest BCUT2D eigenvalue weighted by atomic mass is 10.1. The van der Waals surface area contributed by atoms with Gasteiger partial charge in [-0.3, -0.25) is 19.4 Å². The van der Waals surface area contributed by atoms with Crippen molar-refractivity contribution in [1.82, 2.24) is 4.98 Å². The average Bonchev–Trinajstić information content (AvgIpc) is 2.74. The van der Waals surface area contributed by atoms with Crippen LogP contribution in [0.5, 0.6) is 0 Å². The third kappa shape index (κ3) is 2.05. The Morgan fingerprint density at radius 3 is 2.23 bits per heavy atom. The molecule has 0 unspecified atom stereocenters. The van der Waals surface area contributed by atoms with Crippen molar-refractivity contribution in [1.29, 1.82) is 0 Å². The molecule has 0 aliphatic carbocycles. The Bertz CT molecular complexity index is 779. The van der Waals surface area contributed by atoms with Crippen LogP contribution in [0.25, 0.3) is 0 Å². The first-order valence-electron chi connectivity index (χ1n) is 6.71. The van der Waals surface area contributed by atoms with E-state index in [1.165, 1.54) is 13.1 Å². The number of pyridine rings is 1. The quantitative estimate of drug-likeness (QED) is 0.861. The SMILES string of the molecule is CC(=O)Nc1c(N2C(=O)c3ccccc3C2=O)ccnc1C. The summed E-state index contributed by atoms with van der Waals surface area (Å²) in [6.07, 6.45) is 1.50. The average molecular weight is 295 g/mol. The summed E-state index contributed by atoms with van der Waals surface area (Å²) in [7, 11) is 0. The molecule has 22 heavy (non-hydrogen) atoms. The van der Waals surface area contributed by atoms with Crippen LogP contribution >= 0.6 is 0 Å². The van der Waals surface area contributed by atoms with Crippen molar-refractivity contribution in [2.24, 2.45) is 0 Å². The first-order valence-corrected chi connectivity index (χ1v) is 6.71. The van der Waals surface area contributed by atoms with E-state index in [9.17, 15) is 14.4 Å². The van der Waals surface area contributed by atoms with Crippen LogP contribution in [0.1, 0.15) is 33.3 Å². The molecule has 2 heterocycles. The highest BCUT2D eigenvalue weighted by Gasteiger charge is 2.37. The predicted molar refractivity (Wildman–Crippen MR) is 80.9 cm³/mol. The van der Waals surface area contributed by atoms with E-state index in [0.717, 1.165) is 4.90 Å². The molecule has 2 aromatic rings. The Labute approximate surface area is 126 Å². The van der Waals surface area contributed by atoms with Crippen molar-refractivity contribution in [2.45, 2.75) is 13.8 Å². The molecular formula is C16H13N3O3. The molecule has 0 spiro atoms. The van der Waals surface area contributed by atoms with Crippen LogP contribution in [0.4, 0.5) is 11.4 Å². The Balaban J connectivity index is 2.14. The summed E-state index contributed by atoms with van der Waals surface area (Å²) in [5.74, 6) is -1.11. The maximum Gasteiger partial charge on any atom is 0.266 e. The highest BCUT2D eigenvalue weighted by Crippen LogP contribution is 2.34. The predicted octanol–water partition coefficient (Wildman–Crippen LogP) is 2.15. The lowest BCUT2D eigenvalue weighted by Crippen LogP contribution is -2.30. The second-order valence-corrected chi connectivity index (χ2v) is 4.96. The third-order valence-electron chi connectivity index (χ3n) is 3.45. The zero-order valence-corrected chi connectivity index (χ0v) is 12.1. The standard InChI is InChI=1S/C16H13N3O3/c1-9-14(18-10(2)20)13(7-8-17-9)19-15(21)11-5-3-4-6-12(11)16(19)22/h3-8H,1-2H3,(H,18,20). The van der Waals surface area contributed by atoms with Gasteiger partial charge in [-0.25, -0.2) is 4.90 Å². The molecule has 6 heteroatoms. The lowest BCUT2D eigenvalue weighted by Gasteiger charge is -2.19. The van der Waals surface area contributed by atoms with E-state index < -0.39 is 11.8 Å². The minimum atomic E-state index is -0.405. The number of hydrogen-bond donors (Lipinski definition) is 1. The van der Waals surface area contributed by atoms with Gasteiger partial charge in [-0.05, 0) is 25.1 Å². The largest absolute Gasteiger partial charge is 0.323 e. The Kier molecular flexibility index (Phi) is 3.21. The van der Waals surface area contributed by atoms with Crippen LogP contribution < -0.4 is 10.2 Å². The number of nitrogens with zero attached hydrogens (tertiary/aromatic N) is 2. The highest BCUT2D eigenvalue weighted by atomic mass is 16.2. The molecule has 3 rings (SSSR count). The molecule has 3 amide bonds. The Morgan fingerprint density at radius 1 is 1.09 bits per heavy atom. The number of benzene rings is 1. The van der Waals surface area contributed by atoms with E-state index in [2.05, 4.69) is 10.3 Å². The normalized spacial score (nSPS) is 13.3. The molecule has 1 aliphatic heterocycles. The third-order valence-corrected chi connectivity index (χ3v) is 3.45. The molecule has 1 aromatic carbocycles. The first-order chi connectivity index (χ1) is 10.5. The van der Waals surface area contributed by atoms with Gasteiger partial charge in [0.1, 0.15) is 0 Å². The molecule has 6 nitrogen and oxygen atoms in total. The van der Waals surface area contributed by atoms with Crippen molar-refractivity contribution < 1.29 is 14.4 Å².